The molecule has 0 radical (unpaired) electrons. The van der Waals surface area contributed by atoms with E-state index in [1.165, 1.54) is 31.7 Å². The van der Waals surface area contributed by atoms with Crippen LogP contribution < -0.4 is 10.6 Å². The highest BCUT2D eigenvalue weighted by atomic mass is 127. The van der Waals surface area contributed by atoms with Crippen molar-refractivity contribution >= 4 is 29.9 Å². The van der Waals surface area contributed by atoms with Crippen molar-refractivity contribution < 1.29 is 4.74 Å². The third kappa shape index (κ3) is 11.2. The molecule has 1 aliphatic heterocycles. The maximum Gasteiger partial charge on any atom is 0.190 e. The van der Waals surface area contributed by atoms with Gasteiger partial charge in [-0.25, -0.2) is 0 Å². The predicted molar refractivity (Wildman–Crippen MR) is 133 cm³/mol. The monoisotopic (exact) mass is 517 g/mol. The number of piperazine rings is 1. The first-order valence-electron chi connectivity index (χ1n) is 10.5. The van der Waals surface area contributed by atoms with Crippen molar-refractivity contribution in [2.75, 3.05) is 66.5 Å². The minimum atomic E-state index is 0. The molecule has 0 bridgehead atoms. The van der Waals surface area contributed by atoms with Gasteiger partial charge in [0.15, 0.2) is 5.96 Å². The van der Waals surface area contributed by atoms with Crippen LogP contribution in [0, 0.1) is 11.8 Å². The van der Waals surface area contributed by atoms with Crippen molar-refractivity contribution in [3.05, 3.63) is 35.9 Å². The lowest BCUT2D eigenvalue weighted by atomic mass is 10.1. The Morgan fingerprint density at radius 3 is 2.28 bits per heavy atom. The first-order chi connectivity index (χ1) is 13.6. The largest absolute Gasteiger partial charge is 0.376 e. The number of guanidine groups is 1. The van der Waals surface area contributed by atoms with Gasteiger partial charge in [-0.1, -0.05) is 44.2 Å². The van der Waals surface area contributed by atoms with E-state index in [1.807, 2.05) is 25.2 Å². The van der Waals surface area contributed by atoms with Crippen LogP contribution in [0.3, 0.4) is 0 Å². The van der Waals surface area contributed by atoms with Crippen molar-refractivity contribution in [3.63, 3.8) is 0 Å². The summed E-state index contributed by atoms with van der Waals surface area (Å²) in [6.07, 6.45) is 0. The van der Waals surface area contributed by atoms with Crippen molar-refractivity contribution in [2.45, 2.75) is 20.5 Å². The van der Waals surface area contributed by atoms with Gasteiger partial charge in [0.2, 0.25) is 0 Å². The number of aliphatic imine (C=N–C) groups is 1. The van der Waals surface area contributed by atoms with Crippen LogP contribution in [-0.4, -0.2) is 82.3 Å². The van der Waals surface area contributed by atoms with Crippen LogP contribution >= 0.6 is 24.0 Å². The van der Waals surface area contributed by atoms with E-state index in [0.29, 0.717) is 18.4 Å². The van der Waals surface area contributed by atoms with Gasteiger partial charge in [0.1, 0.15) is 0 Å². The second-order valence-electron chi connectivity index (χ2n) is 8.15. The van der Waals surface area contributed by atoms with Gasteiger partial charge < -0.3 is 25.2 Å². The number of hydrogen-bond acceptors (Lipinski definition) is 4. The summed E-state index contributed by atoms with van der Waals surface area (Å²) in [5.41, 5.74) is 1.22. The summed E-state index contributed by atoms with van der Waals surface area (Å²) in [7, 11) is 4.03. The minimum Gasteiger partial charge on any atom is -0.376 e. The average molecular weight is 518 g/mol. The van der Waals surface area contributed by atoms with E-state index in [9.17, 15) is 0 Å². The summed E-state index contributed by atoms with van der Waals surface area (Å²) in [4.78, 5) is 9.31. The molecule has 1 heterocycles. The number of halogens is 1. The molecule has 1 fully saturated rings. The zero-order chi connectivity index (χ0) is 20.2. The Morgan fingerprint density at radius 2 is 1.66 bits per heavy atom. The van der Waals surface area contributed by atoms with Gasteiger partial charge in [-0.2, -0.15) is 0 Å². The quantitative estimate of drug-likeness (QED) is 0.284. The highest BCUT2D eigenvalue weighted by molar-refractivity contribution is 14.0. The molecular formula is C22H40IN5O. The van der Waals surface area contributed by atoms with E-state index in [1.54, 1.807) is 0 Å². The Labute approximate surface area is 194 Å². The number of rotatable bonds is 10. The molecule has 1 aliphatic rings. The summed E-state index contributed by atoms with van der Waals surface area (Å²) < 4.78 is 5.83. The second-order valence-corrected chi connectivity index (χ2v) is 8.15. The van der Waals surface area contributed by atoms with Crippen LogP contribution in [0.2, 0.25) is 0 Å². The molecule has 166 valence electrons. The van der Waals surface area contributed by atoms with Crippen molar-refractivity contribution in [1.82, 2.24) is 20.4 Å². The number of hydrogen-bond donors (Lipinski definition) is 2. The van der Waals surface area contributed by atoms with Gasteiger partial charge >= 0.3 is 0 Å². The van der Waals surface area contributed by atoms with Crippen LogP contribution in [0.25, 0.3) is 0 Å². The number of ether oxygens (including phenoxy) is 1. The molecule has 0 saturated carbocycles. The molecule has 1 aromatic rings. The minimum absolute atomic E-state index is 0. The molecule has 0 aliphatic carbocycles. The van der Waals surface area contributed by atoms with E-state index in [4.69, 9.17) is 4.74 Å². The number of benzene rings is 1. The average Bonchev–Trinajstić information content (AvgIpc) is 2.70. The van der Waals surface area contributed by atoms with E-state index in [2.05, 4.69) is 58.5 Å². The smallest absolute Gasteiger partial charge is 0.190 e. The molecule has 0 spiro atoms. The molecule has 6 nitrogen and oxygen atoms in total. The van der Waals surface area contributed by atoms with Gasteiger partial charge in [-0.15, -0.1) is 24.0 Å². The van der Waals surface area contributed by atoms with E-state index in [0.717, 1.165) is 32.2 Å². The molecule has 1 saturated heterocycles. The summed E-state index contributed by atoms with van der Waals surface area (Å²) >= 11 is 0. The number of nitrogens with one attached hydrogen (secondary N) is 2. The van der Waals surface area contributed by atoms with E-state index >= 15 is 0 Å². The molecule has 2 rings (SSSR count). The molecular weight excluding hydrogens is 477 g/mol. The highest BCUT2D eigenvalue weighted by Crippen LogP contribution is 2.04. The van der Waals surface area contributed by atoms with E-state index in [-0.39, 0.29) is 24.0 Å². The Hall–Kier alpha value is -0.900. The Morgan fingerprint density at radius 1 is 1.03 bits per heavy atom. The summed E-state index contributed by atoms with van der Waals surface area (Å²) in [5.74, 6) is 1.89. The normalized spacial score (nSPS) is 18.0. The Balaban J connectivity index is 0.00000420. The summed E-state index contributed by atoms with van der Waals surface area (Å²) in [6, 6.07) is 10.3. The van der Waals surface area contributed by atoms with Gasteiger partial charge in [0.05, 0.1) is 13.2 Å². The SMILES string of the molecule is CN=C(NCC(C)COCc1ccccc1)NCC(C)CN1CCN(C)CC1.I. The van der Waals surface area contributed by atoms with Crippen molar-refractivity contribution in [2.24, 2.45) is 16.8 Å². The van der Waals surface area contributed by atoms with Gasteiger partial charge in [0, 0.05) is 52.9 Å². The zero-order valence-corrected chi connectivity index (χ0v) is 20.9. The Kier molecular flexibility index (Phi) is 13.5. The maximum absolute atomic E-state index is 5.83. The van der Waals surface area contributed by atoms with Crippen LogP contribution in [0.15, 0.2) is 35.3 Å². The molecule has 0 aromatic heterocycles. The maximum atomic E-state index is 5.83. The third-order valence-corrected chi connectivity index (χ3v) is 5.14. The van der Waals surface area contributed by atoms with Crippen molar-refractivity contribution in [1.29, 1.82) is 0 Å². The fraction of sp³-hybridized carbons (Fsp3) is 0.682. The molecule has 2 N–H and O–H groups in total. The fourth-order valence-electron chi connectivity index (χ4n) is 3.31. The first-order valence-corrected chi connectivity index (χ1v) is 10.5. The van der Waals surface area contributed by atoms with Crippen molar-refractivity contribution in [3.8, 4) is 0 Å². The standard InChI is InChI=1S/C22H39N5O.HI/c1-19(16-27-12-10-26(4)11-13-27)14-24-22(23-3)25-15-20(2)17-28-18-21-8-6-5-7-9-21;/h5-9,19-20H,10-18H2,1-4H3,(H2,23,24,25);1H. The van der Waals surface area contributed by atoms with Gasteiger partial charge in [-0.05, 0) is 24.4 Å². The molecule has 7 heteroatoms. The Bertz CT molecular complexity index is 564. The lowest BCUT2D eigenvalue weighted by Gasteiger charge is -2.34. The first kappa shape index (κ1) is 26.1. The lowest BCUT2D eigenvalue weighted by Crippen LogP contribution is -2.47. The van der Waals surface area contributed by atoms with Crippen LogP contribution in [0.4, 0.5) is 0 Å². The van der Waals surface area contributed by atoms with Crippen LogP contribution in [0.5, 0.6) is 0 Å². The molecule has 0 amide bonds. The van der Waals surface area contributed by atoms with Gasteiger partial charge in [0.25, 0.3) is 0 Å². The lowest BCUT2D eigenvalue weighted by molar-refractivity contribution is 0.0931. The topological polar surface area (TPSA) is 52.1 Å². The van der Waals surface area contributed by atoms with Crippen LogP contribution in [0.1, 0.15) is 19.4 Å². The molecule has 2 unspecified atom stereocenters. The number of nitrogens with zero attached hydrogens (tertiary/aromatic N) is 3. The molecule has 29 heavy (non-hydrogen) atoms. The molecule has 2 atom stereocenters. The third-order valence-electron chi connectivity index (χ3n) is 5.14. The zero-order valence-electron chi connectivity index (χ0n) is 18.6. The van der Waals surface area contributed by atoms with E-state index < -0.39 is 0 Å². The summed E-state index contributed by atoms with van der Waals surface area (Å²) in [5, 5.41) is 6.89. The predicted octanol–water partition coefficient (Wildman–Crippen LogP) is 2.51. The second kappa shape index (κ2) is 15.0. The summed E-state index contributed by atoms with van der Waals surface area (Å²) in [6.45, 7) is 13.5. The van der Waals surface area contributed by atoms with Crippen LogP contribution in [-0.2, 0) is 11.3 Å². The molecule has 1 aromatic carbocycles. The number of likely N-dealkylation sites (N-methyl/N-ethyl adjacent to an activating group) is 1. The highest BCUT2D eigenvalue weighted by Gasteiger charge is 2.16. The van der Waals surface area contributed by atoms with Gasteiger partial charge in [-0.3, -0.25) is 4.99 Å². The fourth-order valence-corrected chi connectivity index (χ4v) is 3.31.